The van der Waals surface area contributed by atoms with Gasteiger partial charge in [0.2, 0.25) is 0 Å². The minimum Gasteiger partial charge on any atom is -0.449 e. The summed E-state index contributed by atoms with van der Waals surface area (Å²) in [4.78, 5) is 10.9. The number of benzene rings is 1. The molecule has 0 saturated carbocycles. The van der Waals surface area contributed by atoms with Gasteiger partial charge in [-0.2, -0.15) is 5.10 Å². The molecule has 0 fully saturated rings. The van der Waals surface area contributed by atoms with E-state index in [9.17, 15) is 4.79 Å². The van der Waals surface area contributed by atoms with Crippen molar-refractivity contribution < 1.29 is 9.53 Å². The van der Waals surface area contributed by atoms with Crippen LogP contribution in [0.2, 0.25) is 10.0 Å². The summed E-state index contributed by atoms with van der Waals surface area (Å²) in [5.74, 6) is 0. The Bertz CT molecular complexity index is 408. The normalized spacial score (nSPS) is 10.4. The van der Waals surface area contributed by atoms with Gasteiger partial charge in [-0.1, -0.05) is 35.3 Å². The van der Waals surface area contributed by atoms with Crippen molar-refractivity contribution in [3.63, 3.8) is 0 Å². The highest BCUT2D eigenvalue weighted by molar-refractivity contribution is 6.43. The summed E-state index contributed by atoms with van der Waals surface area (Å²) < 4.78 is 4.61. The highest BCUT2D eigenvalue weighted by Gasteiger charge is 2.01. The van der Waals surface area contributed by atoms with Crippen LogP contribution in [-0.2, 0) is 4.74 Å². The molecule has 0 radical (unpaired) electrons. The van der Waals surface area contributed by atoms with Crippen LogP contribution in [-0.4, -0.2) is 18.9 Å². The lowest BCUT2D eigenvalue weighted by atomic mass is 10.2. The van der Waals surface area contributed by atoms with Crippen LogP contribution in [0.15, 0.2) is 23.3 Å². The topological polar surface area (TPSA) is 50.7 Å². The fourth-order valence-electron chi connectivity index (χ4n) is 0.938. The molecule has 0 spiro atoms. The van der Waals surface area contributed by atoms with Crippen molar-refractivity contribution in [2.75, 3.05) is 6.61 Å². The lowest BCUT2D eigenvalue weighted by Crippen LogP contribution is -2.18. The van der Waals surface area contributed by atoms with Gasteiger partial charge in [0.1, 0.15) is 0 Å². The number of halogens is 2. The summed E-state index contributed by atoms with van der Waals surface area (Å²) >= 11 is 11.7. The van der Waals surface area contributed by atoms with Gasteiger partial charge in [-0.25, -0.2) is 10.2 Å². The van der Waals surface area contributed by atoms with Crippen molar-refractivity contribution in [2.45, 2.75) is 6.92 Å². The zero-order valence-corrected chi connectivity index (χ0v) is 10.0. The number of rotatable bonds is 3. The van der Waals surface area contributed by atoms with Gasteiger partial charge in [0.05, 0.1) is 22.9 Å². The van der Waals surface area contributed by atoms with Gasteiger partial charge in [0.25, 0.3) is 0 Å². The molecule has 0 aliphatic carbocycles. The largest absolute Gasteiger partial charge is 0.449 e. The molecule has 86 valence electrons. The number of nitrogens with zero attached hydrogens (tertiary/aromatic N) is 1. The first kappa shape index (κ1) is 12.8. The Morgan fingerprint density at radius 3 is 3.00 bits per heavy atom. The van der Waals surface area contributed by atoms with Crippen LogP contribution in [0.3, 0.4) is 0 Å². The first-order chi connectivity index (χ1) is 7.65. The summed E-state index contributed by atoms with van der Waals surface area (Å²) in [7, 11) is 0. The summed E-state index contributed by atoms with van der Waals surface area (Å²) in [6, 6.07) is 5.13. The second-order valence-electron chi connectivity index (χ2n) is 2.73. The van der Waals surface area contributed by atoms with E-state index in [4.69, 9.17) is 23.2 Å². The summed E-state index contributed by atoms with van der Waals surface area (Å²) in [6.07, 6.45) is 0.780. The Labute approximate surface area is 103 Å². The summed E-state index contributed by atoms with van der Waals surface area (Å²) in [5.41, 5.74) is 2.80. The third-order valence-corrected chi connectivity index (χ3v) is 2.45. The summed E-state index contributed by atoms with van der Waals surface area (Å²) in [6.45, 7) is 2.00. The van der Waals surface area contributed by atoms with Crippen LogP contribution in [0.1, 0.15) is 12.5 Å². The molecule has 0 aliphatic heterocycles. The number of amides is 1. The fourth-order valence-corrected chi connectivity index (χ4v) is 1.29. The Morgan fingerprint density at radius 2 is 2.31 bits per heavy atom. The molecule has 0 aromatic heterocycles. The Kier molecular flexibility index (Phi) is 5.08. The molecule has 1 amide bonds. The molecule has 1 N–H and O–H groups in total. The standard InChI is InChI=1S/C10H10Cl2N2O2/c1-2-16-10(15)14-13-6-7-4-3-5-8(11)9(7)12/h3-6H,2H2,1H3,(H,14,15)/b13-6+. The molecule has 1 aromatic rings. The van der Waals surface area contributed by atoms with Gasteiger partial charge in [-0.3, -0.25) is 0 Å². The quantitative estimate of drug-likeness (QED) is 0.671. The number of carbonyl (C=O) groups is 1. The molecule has 4 nitrogen and oxygen atoms in total. The maximum absolute atomic E-state index is 10.9. The van der Waals surface area contributed by atoms with E-state index in [0.717, 1.165) is 0 Å². The molecule has 0 aliphatic rings. The second kappa shape index (κ2) is 6.35. The van der Waals surface area contributed by atoms with Crippen LogP contribution < -0.4 is 5.43 Å². The zero-order valence-electron chi connectivity index (χ0n) is 8.54. The van der Waals surface area contributed by atoms with Gasteiger partial charge in [0.15, 0.2) is 0 Å². The van der Waals surface area contributed by atoms with Crippen molar-refractivity contribution in [1.82, 2.24) is 5.43 Å². The number of ether oxygens (including phenoxy) is 1. The molecular weight excluding hydrogens is 251 g/mol. The van der Waals surface area contributed by atoms with Crippen LogP contribution in [0.4, 0.5) is 4.79 Å². The van der Waals surface area contributed by atoms with E-state index in [1.165, 1.54) is 6.21 Å². The van der Waals surface area contributed by atoms with E-state index in [1.54, 1.807) is 25.1 Å². The molecular formula is C10H10Cl2N2O2. The monoisotopic (exact) mass is 260 g/mol. The number of carbonyl (C=O) groups excluding carboxylic acids is 1. The predicted molar refractivity (Wildman–Crippen MR) is 64.2 cm³/mol. The summed E-state index contributed by atoms with van der Waals surface area (Å²) in [5, 5.41) is 4.49. The van der Waals surface area contributed by atoms with Crippen molar-refractivity contribution in [3.05, 3.63) is 33.8 Å². The molecule has 6 heteroatoms. The molecule has 0 saturated heterocycles. The highest BCUT2D eigenvalue weighted by atomic mass is 35.5. The fraction of sp³-hybridized carbons (Fsp3) is 0.200. The number of hydrogen-bond acceptors (Lipinski definition) is 3. The van der Waals surface area contributed by atoms with Crippen LogP contribution >= 0.6 is 23.2 Å². The van der Waals surface area contributed by atoms with E-state index in [2.05, 4.69) is 15.3 Å². The van der Waals surface area contributed by atoms with E-state index >= 15 is 0 Å². The molecule has 0 unspecified atom stereocenters. The lowest BCUT2D eigenvalue weighted by Gasteiger charge is -2.00. The van der Waals surface area contributed by atoms with Crippen molar-refractivity contribution >= 4 is 35.5 Å². The van der Waals surface area contributed by atoms with Crippen molar-refractivity contribution in [3.8, 4) is 0 Å². The molecule has 0 bridgehead atoms. The number of hydrogen-bond donors (Lipinski definition) is 1. The van der Waals surface area contributed by atoms with Gasteiger partial charge in [-0.15, -0.1) is 0 Å². The first-order valence-electron chi connectivity index (χ1n) is 4.55. The molecule has 16 heavy (non-hydrogen) atoms. The SMILES string of the molecule is CCOC(=O)N/N=C/c1cccc(Cl)c1Cl. The number of hydrazone groups is 1. The van der Waals surface area contributed by atoms with Crippen molar-refractivity contribution in [2.24, 2.45) is 5.10 Å². The lowest BCUT2D eigenvalue weighted by molar-refractivity contribution is 0.152. The van der Waals surface area contributed by atoms with Crippen molar-refractivity contribution in [1.29, 1.82) is 0 Å². The van der Waals surface area contributed by atoms with E-state index in [0.29, 0.717) is 22.2 Å². The Hall–Kier alpha value is -1.26. The van der Waals surface area contributed by atoms with Gasteiger partial charge < -0.3 is 4.74 Å². The molecule has 1 aromatic carbocycles. The Balaban J connectivity index is 2.63. The minimum atomic E-state index is -0.614. The average molecular weight is 261 g/mol. The first-order valence-corrected chi connectivity index (χ1v) is 5.30. The predicted octanol–water partition coefficient (Wildman–Crippen LogP) is 3.07. The molecule has 1 rings (SSSR count). The zero-order chi connectivity index (χ0) is 12.0. The van der Waals surface area contributed by atoms with Crippen LogP contribution in [0, 0.1) is 0 Å². The van der Waals surface area contributed by atoms with Crippen LogP contribution in [0.25, 0.3) is 0 Å². The van der Waals surface area contributed by atoms with E-state index in [1.807, 2.05) is 0 Å². The Morgan fingerprint density at radius 1 is 1.56 bits per heavy atom. The van der Waals surface area contributed by atoms with Gasteiger partial charge >= 0.3 is 6.09 Å². The highest BCUT2D eigenvalue weighted by Crippen LogP contribution is 2.23. The maximum Gasteiger partial charge on any atom is 0.427 e. The maximum atomic E-state index is 10.9. The van der Waals surface area contributed by atoms with Gasteiger partial charge in [-0.05, 0) is 13.0 Å². The molecule has 0 atom stereocenters. The third-order valence-electron chi connectivity index (χ3n) is 1.62. The smallest absolute Gasteiger partial charge is 0.427 e. The third kappa shape index (κ3) is 3.72. The van der Waals surface area contributed by atoms with E-state index < -0.39 is 6.09 Å². The second-order valence-corrected chi connectivity index (χ2v) is 3.52. The van der Waals surface area contributed by atoms with Gasteiger partial charge in [0, 0.05) is 5.56 Å². The average Bonchev–Trinajstić information content (AvgIpc) is 2.25. The van der Waals surface area contributed by atoms with Crippen LogP contribution in [0.5, 0.6) is 0 Å². The van der Waals surface area contributed by atoms with E-state index in [-0.39, 0.29) is 0 Å². The molecule has 0 heterocycles. The number of nitrogens with one attached hydrogen (secondary N) is 1. The minimum absolute atomic E-state index is 0.291.